The zero-order valence-corrected chi connectivity index (χ0v) is 8.34. The molecule has 2 heterocycles. The number of rotatable bonds is 2. The van der Waals surface area contributed by atoms with Crippen LogP contribution < -0.4 is 5.32 Å². The Morgan fingerprint density at radius 1 is 1.60 bits per heavy atom. The van der Waals surface area contributed by atoms with Crippen LogP contribution in [0.3, 0.4) is 0 Å². The van der Waals surface area contributed by atoms with Crippen LogP contribution in [0.5, 0.6) is 0 Å². The number of alkyl halides is 2. The van der Waals surface area contributed by atoms with Gasteiger partial charge in [-0.05, 0) is 13.0 Å². The van der Waals surface area contributed by atoms with Crippen LogP contribution in [0.2, 0.25) is 0 Å². The molecule has 2 aliphatic heterocycles. The lowest BCUT2D eigenvalue weighted by Gasteiger charge is -2.38. The molecule has 0 aromatic rings. The molecule has 1 amide bonds. The zero-order valence-electron chi connectivity index (χ0n) is 8.34. The van der Waals surface area contributed by atoms with E-state index in [1.165, 1.54) is 4.90 Å². The summed E-state index contributed by atoms with van der Waals surface area (Å²) in [6, 6.07) is 0. The molecular formula is C9H14F2N2O2. The number of halogens is 2. The van der Waals surface area contributed by atoms with Gasteiger partial charge in [-0.2, -0.15) is 0 Å². The molecule has 0 saturated carbocycles. The Kier molecular flexibility index (Phi) is 2.88. The lowest BCUT2D eigenvalue weighted by atomic mass is 9.99. The Labute approximate surface area is 86.6 Å². The quantitative estimate of drug-likeness (QED) is 0.703. The van der Waals surface area contributed by atoms with Crippen molar-refractivity contribution < 1.29 is 18.3 Å². The smallest absolute Gasteiger partial charge is 0.256 e. The number of carbonyl (C=O) groups is 1. The first-order valence-corrected chi connectivity index (χ1v) is 5.06. The maximum absolute atomic E-state index is 12.2. The van der Waals surface area contributed by atoms with Gasteiger partial charge in [-0.3, -0.25) is 4.79 Å². The van der Waals surface area contributed by atoms with E-state index in [0.717, 1.165) is 0 Å². The summed E-state index contributed by atoms with van der Waals surface area (Å²) >= 11 is 0. The van der Waals surface area contributed by atoms with Crippen LogP contribution >= 0.6 is 0 Å². The summed E-state index contributed by atoms with van der Waals surface area (Å²) in [5.74, 6) is -0.293. The number of ether oxygens (including phenoxy) is 1. The number of nitrogens with zero attached hydrogens (tertiary/aromatic N) is 1. The van der Waals surface area contributed by atoms with Crippen LogP contribution in [0.15, 0.2) is 0 Å². The highest BCUT2D eigenvalue weighted by atomic mass is 19.3. The fourth-order valence-corrected chi connectivity index (χ4v) is 2.12. The van der Waals surface area contributed by atoms with Crippen LogP contribution in [0.1, 0.15) is 6.42 Å². The minimum absolute atomic E-state index is 0.269. The van der Waals surface area contributed by atoms with E-state index in [2.05, 4.69) is 5.32 Å². The number of morpholine rings is 1. The van der Waals surface area contributed by atoms with Gasteiger partial charge in [0.05, 0.1) is 13.2 Å². The van der Waals surface area contributed by atoms with E-state index in [1.54, 1.807) is 0 Å². The van der Waals surface area contributed by atoms with Crippen molar-refractivity contribution in [3.8, 4) is 0 Å². The number of hydrogen-bond donors (Lipinski definition) is 1. The highest BCUT2D eigenvalue weighted by Crippen LogP contribution is 2.26. The fraction of sp³-hybridized carbons (Fsp3) is 0.889. The minimum atomic E-state index is -2.47. The van der Waals surface area contributed by atoms with Gasteiger partial charge in [-0.25, -0.2) is 8.78 Å². The van der Waals surface area contributed by atoms with E-state index in [-0.39, 0.29) is 12.5 Å². The number of hydrogen-bond acceptors (Lipinski definition) is 3. The first-order chi connectivity index (χ1) is 7.14. The predicted octanol–water partition coefficient (Wildman–Crippen LogP) is -0.158. The molecule has 6 heteroatoms. The summed E-state index contributed by atoms with van der Waals surface area (Å²) in [6.45, 7) is 1.27. The third-order valence-electron chi connectivity index (χ3n) is 2.89. The van der Waals surface area contributed by atoms with Crippen LogP contribution in [0, 0.1) is 0 Å². The molecule has 15 heavy (non-hydrogen) atoms. The van der Waals surface area contributed by atoms with Gasteiger partial charge in [0.15, 0.2) is 5.60 Å². The average molecular weight is 220 g/mol. The van der Waals surface area contributed by atoms with E-state index < -0.39 is 18.6 Å². The van der Waals surface area contributed by atoms with Crippen molar-refractivity contribution in [3.05, 3.63) is 0 Å². The van der Waals surface area contributed by atoms with E-state index in [1.807, 2.05) is 0 Å². The van der Waals surface area contributed by atoms with Crippen molar-refractivity contribution in [1.82, 2.24) is 10.2 Å². The van der Waals surface area contributed by atoms with Crippen LogP contribution in [-0.2, 0) is 9.53 Å². The highest BCUT2D eigenvalue weighted by molar-refractivity contribution is 5.86. The molecule has 2 fully saturated rings. The fourth-order valence-electron chi connectivity index (χ4n) is 2.12. The molecule has 2 saturated heterocycles. The summed E-state index contributed by atoms with van der Waals surface area (Å²) in [4.78, 5) is 13.1. The molecule has 0 bridgehead atoms. The molecule has 1 unspecified atom stereocenters. The van der Waals surface area contributed by atoms with Gasteiger partial charge in [0.2, 0.25) is 0 Å². The van der Waals surface area contributed by atoms with Crippen molar-refractivity contribution in [2.24, 2.45) is 0 Å². The van der Waals surface area contributed by atoms with Crippen molar-refractivity contribution >= 4 is 5.91 Å². The lowest BCUT2D eigenvalue weighted by molar-refractivity contribution is -0.170. The summed E-state index contributed by atoms with van der Waals surface area (Å²) in [5, 5.41) is 3.03. The molecule has 0 aromatic heterocycles. The number of nitrogens with one attached hydrogen (secondary N) is 1. The lowest BCUT2D eigenvalue weighted by Crippen LogP contribution is -2.58. The van der Waals surface area contributed by atoms with E-state index in [4.69, 9.17) is 4.74 Å². The van der Waals surface area contributed by atoms with E-state index in [9.17, 15) is 13.6 Å². The van der Waals surface area contributed by atoms with Crippen molar-refractivity contribution in [3.63, 3.8) is 0 Å². The van der Waals surface area contributed by atoms with Crippen molar-refractivity contribution in [1.29, 1.82) is 0 Å². The summed E-state index contributed by atoms with van der Waals surface area (Å²) < 4.78 is 29.9. The topological polar surface area (TPSA) is 41.6 Å². The zero-order chi connectivity index (χ0) is 10.9. The molecule has 2 rings (SSSR count). The van der Waals surface area contributed by atoms with Gasteiger partial charge in [-0.15, -0.1) is 0 Å². The van der Waals surface area contributed by atoms with Crippen LogP contribution in [-0.4, -0.2) is 55.6 Å². The number of amides is 1. The van der Waals surface area contributed by atoms with E-state index >= 15 is 0 Å². The Morgan fingerprint density at radius 3 is 3.00 bits per heavy atom. The second-order valence-corrected chi connectivity index (χ2v) is 3.91. The van der Waals surface area contributed by atoms with Gasteiger partial charge in [0.25, 0.3) is 12.3 Å². The molecule has 0 aromatic carbocycles. The van der Waals surface area contributed by atoms with Crippen molar-refractivity contribution in [2.75, 3.05) is 32.8 Å². The highest BCUT2D eigenvalue weighted by Gasteiger charge is 2.47. The molecule has 4 nitrogen and oxygen atoms in total. The molecular weight excluding hydrogens is 206 g/mol. The largest absolute Gasteiger partial charge is 0.362 e. The third kappa shape index (κ3) is 1.96. The summed E-state index contributed by atoms with van der Waals surface area (Å²) in [7, 11) is 0. The number of carbonyl (C=O) groups excluding carboxylic acids is 1. The van der Waals surface area contributed by atoms with Crippen LogP contribution in [0.4, 0.5) is 8.78 Å². The third-order valence-corrected chi connectivity index (χ3v) is 2.89. The maximum Gasteiger partial charge on any atom is 0.256 e. The summed E-state index contributed by atoms with van der Waals surface area (Å²) in [5.41, 5.74) is -0.868. The van der Waals surface area contributed by atoms with Crippen molar-refractivity contribution in [2.45, 2.75) is 18.4 Å². The molecule has 1 spiro atoms. The molecule has 1 N–H and O–H groups in total. The normalized spacial score (nSPS) is 31.9. The Morgan fingerprint density at radius 2 is 2.40 bits per heavy atom. The molecule has 0 aliphatic carbocycles. The molecule has 1 atom stereocenters. The maximum atomic E-state index is 12.2. The van der Waals surface area contributed by atoms with Gasteiger partial charge in [0, 0.05) is 13.1 Å². The second kappa shape index (κ2) is 4.02. The molecule has 86 valence electrons. The Hall–Kier alpha value is -0.750. The standard InChI is InChI=1S/C9H14F2N2O2/c10-7(11)5-13-3-4-15-9(8(13)14)1-2-12-6-9/h7,12H,1-6H2. The second-order valence-electron chi connectivity index (χ2n) is 3.91. The predicted molar refractivity (Wildman–Crippen MR) is 48.8 cm³/mol. The molecule has 0 radical (unpaired) electrons. The van der Waals surface area contributed by atoms with Gasteiger partial charge in [-0.1, -0.05) is 0 Å². The average Bonchev–Trinajstić information content (AvgIpc) is 2.62. The first-order valence-electron chi connectivity index (χ1n) is 5.06. The van der Waals surface area contributed by atoms with Gasteiger partial charge >= 0.3 is 0 Å². The Balaban J connectivity index is 2.06. The SMILES string of the molecule is O=C1N(CC(F)F)CCOC12CCNC2. The molecule has 2 aliphatic rings. The van der Waals surface area contributed by atoms with Crippen LogP contribution in [0.25, 0.3) is 0 Å². The summed E-state index contributed by atoms with van der Waals surface area (Å²) in [6.07, 6.45) is -1.90. The Bertz CT molecular complexity index is 254. The van der Waals surface area contributed by atoms with Gasteiger partial charge in [0.1, 0.15) is 0 Å². The monoisotopic (exact) mass is 220 g/mol. The first kappa shape index (κ1) is 10.8. The van der Waals surface area contributed by atoms with E-state index in [0.29, 0.717) is 26.1 Å². The van der Waals surface area contributed by atoms with Gasteiger partial charge < -0.3 is 15.0 Å². The minimum Gasteiger partial charge on any atom is -0.362 e.